The Kier molecular flexibility index (Phi) is 5.95. The first-order chi connectivity index (χ1) is 8.04. The Balaban J connectivity index is 2.59. The number of nitrogens with two attached hydrogens (primary N) is 1. The van der Waals surface area contributed by atoms with Crippen molar-refractivity contribution in [2.45, 2.75) is 19.5 Å². The van der Waals surface area contributed by atoms with Crippen LogP contribution >= 0.6 is 24.0 Å². The SMILES string of the molecule is CSCC(C)N(C)Cc1ccc(C(N)=S)cc1. The van der Waals surface area contributed by atoms with Crippen molar-refractivity contribution in [2.75, 3.05) is 19.1 Å². The fourth-order valence-corrected chi connectivity index (χ4v) is 2.46. The van der Waals surface area contributed by atoms with Gasteiger partial charge < -0.3 is 5.73 Å². The third-order valence-corrected chi connectivity index (χ3v) is 3.88. The van der Waals surface area contributed by atoms with Crippen molar-refractivity contribution in [3.8, 4) is 0 Å². The number of rotatable bonds is 6. The van der Waals surface area contributed by atoms with Gasteiger partial charge in [-0.25, -0.2) is 0 Å². The highest BCUT2D eigenvalue weighted by Crippen LogP contribution is 2.10. The van der Waals surface area contributed by atoms with Crippen molar-refractivity contribution in [3.05, 3.63) is 35.4 Å². The molecule has 2 nitrogen and oxygen atoms in total. The van der Waals surface area contributed by atoms with Crippen molar-refractivity contribution < 1.29 is 0 Å². The first-order valence-electron chi connectivity index (χ1n) is 5.62. The molecule has 0 fully saturated rings. The van der Waals surface area contributed by atoms with Gasteiger partial charge in [0.2, 0.25) is 0 Å². The molecule has 1 aromatic rings. The van der Waals surface area contributed by atoms with Crippen LogP contribution in [-0.4, -0.2) is 35.0 Å². The van der Waals surface area contributed by atoms with E-state index in [1.54, 1.807) is 0 Å². The average molecular weight is 268 g/mol. The standard InChI is InChI=1S/C13H20N2S2/c1-10(9-17-3)15(2)8-11-4-6-12(7-5-11)13(14)16/h4-7,10H,8-9H2,1-3H3,(H2,14,16). The summed E-state index contributed by atoms with van der Waals surface area (Å²) in [6.07, 6.45) is 2.14. The summed E-state index contributed by atoms with van der Waals surface area (Å²) in [6.45, 7) is 3.21. The topological polar surface area (TPSA) is 29.3 Å². The van der Waals surface area contributed by atoms with E-state index < -0.39 is 0 Å². The van der Waals surface area contributed by atoms with Gasteiger partial charge >= 0.3 is 0 Å². The Labute approximate surface area is 114 Å². The predicted molar refractivity (Wildman–Crippen MR) is 81.6 cm³/mol. The fourth-order valence-electron chi connectivity index (χ4n) is 1.59. The number of thioether (sulfide) groups is 1. The van der Waals surface area contributed by atoms with Crippen LogP contribution in [0.4, 0.5) is 0 Å². The molecule has 1 rings (SSSR count). The Hall–Kier alpha value is -0.580. The van der Waals surface area contributed by atoms with Crippen LogP contribution in [0.1, 0.15) is 18.1 Å². The Bertz CT molecular complexity index is 362. The van der Waals surface area contributed by atoms with Gasteiger partial charge in [0.25, 0.3) is 0 Å². The summed E-state index contributed by atoms with van der Waals surface area (Å²) < 4.78 is 0. The van der Waals surface area contributed by atoms with Crippen LogP contribution in [0.15, 0.2) is 24.3 Å². The van der Waals surface area contributed by atoms with E-state index in [1.165, 1.54) is 5.56 Å². The van der Waals surface area contributed by atoms with Gasteiger partial charge in [-0.05, 0) is 25.8 Å². The second kappa shape index (κ2) is 6.99. The number of hydrogen-bond donors (Lipinski definition) is 1. The third-order valence-electron chi connectivity index (χ3n) is 2.83. The van der Waals surface area contributed by atoms with E-state index in [0.717, 1.165) is 17.9 Å². The average Bonchev–Trinajstić information content (AvgIpc) is 2.30. The summed E-state index contributed by atoms with van der Waals surface area (Å²) in [5.41, 5.74) is 7.80. The first kappa shape index (κ1) is 14.5. The Morgan fingerprint density at radius 3 is 2.47 bits per heavy atom. The molecule has 0 amide bonds. The lowest BCUT2D eigenvalue weighted by Crippen LogP contribution is -2.30. The zero-order valence-electron chi connectivity index (χ0n) is 10.6. The second-order valence-corrected chi connectivity index (χ2v) is 5.63. The molecule has 0 aromatic heterocycles. The number of thiocarbonyl (C=S) groups is 1. The minimum atomic E-state index is 0.459. The summed E-state index contributed by atoms with van der Waals surface area (Å²) in [5, 5.41) is 0. The zero-order chi connectivity index (χ0) is 12.8. The van der Waals surface area contributed by atoms with Crippen molar-refractivity contribution in [3.63, 3.8) is 0 Å². The van der Waals surface area contributed by atoms with Gasteiger partial charge in [-0.2, -0.15) is 11.8 Å². The molecule has 0 saturated carbocycles. The third kappa shape index (κ3) is 4.66. The van der Waals surface area contributed by atoms with Gasteiger partial charge in [0.1, 0.15) is 4.99 Å². The Morgan fingerprint density at radius 2 is 2.00 bits per heavy atom. The normalized spacial score (nSPS) is 12.7. The van der Waals surface area contributed by atoms with Crippen LogP contribution < -0.4 is 5.73 Å². The van der Waals surface area contributed by atoms with Crippen LogP contribution in [-0.2, 0) is 6.54 Å². The van der Waals surface area contributed by atoms with E-state index in [-0.39, 0.29) is 0 Å². The van der Waals surface area contributed by atoms with Crippen LogP contribution in [0.3, 0.4) is 0 Å². The molecule has 0 aliphatic rings. The number of nitrogens with zero attached hydrogens (tertiary/aromatic N) is 1. The van der Waals surface area contributed by atoms with Gasteiger partial charge in [-0.1, -0.05) is 36.5 Å². The maximum absolute atomic E-state index is 5.57. The van der Waals surface area contributed by atoms with Crippen molar-refractivity contribution in [1.82, 2.24) is 4.90 Å². The quantitative estimate of drug-likeness (QED) is 0.803. The molecule has 0 aliphatic heterocycles. The molecule has 0 saturated heterocycles. The van der Waals surface area contributed by atoms with Gasteiger partial charge in [0, 0.05) is 23.9 Å². The van der Waals surface area contributed by atoms with Crippen molar-refractivity contribution in [1.29, 1.82) is 0 Å². The summed E-state index contributed by atoms with van der Waals surface area (Å²) in [5.74, 6) is 1.15. The summed E-state index contributed by atoms with van der Waals surface area (Å²) >= 11 is 6.81. The zero-order valence-corrected chi connectivity index (χ0v) is 12.3. The number of benzene rings is 1. The van der Waals surface area contributed by atoms with Crippen LogP contribution in [0.5, 0.6) is 0 Å². The van der Waals surface area contributed by atoms with Gasteiger partial charge in [-0.3, -0.25) is 4.90 Å². The molecule has 17 heavy (non-hydrogen) atoms. The fraction of sp³-hybridized carbons (Fsp3) is 0.462. The molecule has 0 heterocycles. The maximum Gasteiger partial charge on any atom is 0.103 e. The lowest BCUT2D eigenvalue weighted by atomic mass is 10.1. The number of hydrogen-bond acceptors (Lipinski definition) is 3. The van der Waals surface area contributed by atoms with Gasteiger partial charge in [0.15, 0.2) is 0 Å². The van der Waals surface area contributed by atoms with Crippen LogP contribution in [0.25, 0.3) is 0 Å². The molecular weight excluding hydrogens is 248 g/mol. The van der Waals surface area contributed by atoms with Crippen molar-refractivity contribution in [2.24, 2.45) is 5.73 Å². The van der Waals surface area contributed by atoms with E-state index in [0.29, 0.717) is 11.0 Å². The molecule has 1 atom stereocenters. The second-order valence-electron chi connectivity index (χ2n) is 4.28. The predicted octanol–water partition coefficient (Wildman–Crippen LogP) is 2.50. The summed E-state index contributed by atoms with van der Waals surface area (Å²) in [7, 11) is 2.16. The minimum absolute atomic E-state index is 0.459. The molecule has 0 aliphatic carbocycles. The van der Waals surface area contributed by atoms with Gasteiger partial charge in [0.05, 0.1) is 0 Å². The highest BCUT2D eigenvalue weighted by molar-refractivity contribution is 7.98. The minimum Gasteiger partial charge on any atom is -0.389 e. The molecule has 2 N–H and O–H groups in total. The maximum atomic E-state index is 5.57. The first-order valence-corrected chi connectivity index (χ1v) is 7.42. The summed E-state index contributed by atoms with van der Waals surface area (Å²) in [4.78, 5) is 2.81. The van der Waals surface area contributed by atoms with E-state index in [2.05, 4.69) is 37.3 Å². The Morgan fingerprint density at radius 1 is 1.41 bits per heavy atom. The monoisotopic (exact) mass is 268 g/mol. The van der Waals surface area contributed by atoms with E-state index in [9.17, 15) is 0 Å². The van der Waals surface area contributed by atoms with Crippen molar-refractivity contribution >= 4 is 29.0 Å². The van der Waals surface area contributed by atoms with E-state index in [1.807, 2.05) is 23.9 Å². The molecule has 0 bridgehead atoms. The molecule has 94 valence electrons. The van der Waals surface area contributed by atoms with E-state index in [4.69, 9.17) is 18.0 Å². The van der Waals surface area contributed by atoms with E-state index >= 15 is 0 Å². The molecule has 0 spiro atoms. The lowest BCUT2D eigenvalue weighted by molar-refractivity contribution is 0.270. The summed E-state index contributed by atoms with van der Waals surface area (Å²) in [6, 6.07) is 8.75. The van der Waals surface area contributed by atoms with Crippen LogP contribution in [0.2, 0.25) is 0 Å². The molecule has 1 unspecified atom stereocenters. The van der Waals surface area contributed by atoms with Crippen LogP contribution in [0, 0.1) is 0 Å². The largest absolute Gasteiger partial charge is 0.389 e. The smallest absolute Gasteiger partial charge is 0.103 e. The molecule has 0 radical (unpaired) electrons. The molecule has 4 heteroatoms. The molecule has 1 aromatic carbocycles. The highest BCUT2D eigenvalue weighted by Gasteiger charge is 2.08. The highest BCUT2D eigenvalue weighted by atomic mass is 32.2. The molecular formula is C13H20N2S2. The van der Waals surface area contributed by atoms with Gasteiger partial charge in [-0.15, -0.1) is 0 Å². The lowest BCUT2D eigenvalue weighted by Gasteiger charge is -2.24.